The normalized spacial score (nSPS) is 10.4. The Morgan fingerprint density at radius 1 is 1.24 bits per heavy atom. The molecule has 1 N–H and O–H groups in total. The number of carbonyl (C=O) groups is 1. The SMILES string of the molecule is Cc1c(C(=O)NCc2ccccn2)cnn1-c1ccc([N+](=O)[O-])cc1. The van der Waals surface area contributed by atoms with E-state index in [1.54, 1.807) is 29.9 Å². The van der Waals surface area contributed by atoms with E-state index in [1.165, 1.54) is 18.3 Å². The van der Waals surface area contributed by atoms with Crippen molar-refractivity contribution in [2.75, 3.05) is 0 Å². The first-order valence-corrected chi connectivity index (χ1v) is 7.54. The summed E-state index contributed by atoms with van der Waals surface area (Å²) in [6.07, 6.45) is 3.14. The minimum Gasteiger partial charge on any atom is -0.346 e. The van der Waals surface area contributed by atoms with Gasteiger partial charge in [-0.25, -0.2) is 4.68 Å². The molecule has 2 aromatic heterocycles. The third kappa shape index (κ3) is 3.52. The number of nitro groups is 1. The Morgan fingerprint density at radius 3 is 2.64 bits per heavy atom. The van der Waals surface area contributed by atoms with Gasteiger partial charge in [0.1, 0.15) is 0 Å². The van der Waals surface area contributed by atoms with Crippen LogP contribution in [0.5, 0.6) is 0 Å². The van der Waals surface area contributed by atoms with Crippen LogP contribution in [0, 0.1) is 17.0 Å². The molecule has 0 aliphatic carbocycles. The molecule has 0 atom stereocenters. The van der Waals surface area contributed by atoms with Gasteiger partial charge in [0.05, 0.1) is 40.3 Å². The summed E-state index contributed by atoms with van der Waals surface area (Å²) in [6, 6.07) is 11.5. The number of non-ortho nitro benzene ring substituents is 1. The van der Waals surface area contributed by atoms with E-state index in [-0.39, 0.29) is 11.6 Å². The van der Waals surface area contributed by atoms with Crippen LogP contribution in [0.2, 0.25) is 0 Å². The first-order chi connectivity index (χ1) is 12.1. The summed E-state index contributed by atoms with van der Waals surface area (Å²) in [5.41, 5.74) is 2.49. The summed E-state index contributed by atoms with van der Waals surface area (Å²) >= 11 is 0. The molecule has 0 saturated carbocycles. The number of pyridine rings is 1. The molecule has 25 heavy (non-hydrogen) atoms. The highest BCUT2D eigenvalue weighted by Gasteiger charge is 2.15. The highest BCUT2D eigenvalue weighted by atomic mass is 16.6. The van der Waals surface area contributed by atoms with Crippen molar-refractivity contribution in [3.8, 4) is 5.69 Å². The first kappa shape index (κ1) is 16.3. The Bertz CT molecular complexity index is 904. The van der Waals surface area contributed by atoms with E-state index in [9.17, 15) is 14.9 Å². The third-order valence-electron chi connectivity index (χ3n) is 3.72. The van der Waals surface area contributed by atoms with E-state index in [0.717, 1.165) is 5.69 Å². The molecule has 0 aliphatic rings. The van der Waals surface area contributed by atoms with E-state index in [0.29, 0.717) is 23.5 Å². The number of carbonyl (C=O) groups excluding carboxylic acids is 1. The number of rotatable bonds is 5. The lowest BCUT2D eigenvalue weighted by atomic mass is 10.2. The molecule has 0 unspecified atom stereocenters. The fourth-order valence-corrected chi connectivity index (χ4v) is 2.38. The fraction of sp³-hybridized carbons (Fsp3) is 0.118. The van der Waals surface area contributed by atoms with E-state index >= 15 is 0 Å². The van der Waals surface area contributed by atoms with Crippen molar-refractivity contribution in [1.29, 1.82) is 0 Å². The zero-order valence-corrected chi connectivity index (χ0v) is 13.4. The number of benzene rings is 1. The van der Waals surface area contributed by atoms with Gasteiger partial charge >= 0.3 is 0 Å². The maximum Gasteiger partial charge on any atom is 0.269 e. The van der Waals surface area contributed by atoms with Crippen LogP contribution in [-0.4, -0.2) is 25.6 Å². The van der Waals surface area contributed by atoms with Crippen molar-refractivity contribution < 1.29 is 9.72 Å². The lowest BCUT2D eigenvalue weighted by Crippen LogP contribution is -2.23. The van der Waals surface area contributed by atoms with Gasteiger partial charge < -0.3 is 5.32 Å². The molecule has 1 amide bonds. The number of amides is 1. The van der Waals surface area contributed by atoms with Gasteiger partial charge in [-0.3, -0.25) is 19.9 Å². The molecule has 0 spiro atoms. The summed E-state index contributed by atoms with van der Waals surface area (Å²) in [5, 5.41) is 17.7. The maximum atomic E-state index is 12.3. The first-order valence-electron chi connectivity index (χ1n) is 7.54. The minimum absolute atomic E-state index is 0.00175. The van der Waals surface area contributed by atoms with Crippen molar-refractivity contribution >= 4 is 11.6 Å². The second-order valence-corrected chi connectivity index (χ2v) is 5.33. The summed E-state index contributed by atoms with van der Waals surface area (Å²) in [5.74, 6) is -0.253. The lowest BCUT2D eigenvalue weighted by molar-refractivity contribution is -0.384. The molecule has 126 valence electrons. The van der Waals surface area contributed by atoms with Crippen LogP contribution < -0.4 is 5.32 Å². The van der Waals surface area contributed by atoms with Crippen LogP contribution in [0.4, 0.5) is 5.69 Å². The van der Waals surface area contributed by atoms with Crippen LogP contribution in [0.3, 0.4) is 0 Å². The van der Waals surface area contributed by atoms with E-state index in [2.05, 4.69) is 15.4 Å². The number of nitrogens with zero attached hydrogens (tertiary/aromatic N) is 4. The Labute approximate surface area is 143 Å². The summed E-state index contributed by atoms with van der Waals surface area (Å²) in [7, 11) is 0. The molecule has 8 nitrogen and oxygen atoms in total. The van der Waals surface area contributed by atoms with Gasteiger partial charge in [-0.1, -0.05) is 6.07 Å². The standard InChI is InChI=1S/C17H15N5O3/c1-12-16(17(23)19-10-13-4-2-3-9-18-13)11-20-21(12)14-5-7-15(8-6-14)22(24)25/h2-9,11H,10H2,1H3,(H,19,23). The largest absolute Gasteiger partial charge is 0.346 e. The molecule has 3 aromatic rings. The Kier molecular flexibility index (Phi) is 4.51. The van der Waals surface area contributed by atoms with Crippen LogP contribution in [0.1, 0.15) is 21.7 Å². The van der Waals surface area contributed by atoms with Crippen molar-refractivity contribution in [2.45, 2.75) is 13.5 Å². The Morgan fingerprint density at radius 2 is 2.00 bits per heavy atom. The molecule has 3 rings (SSSR count). The molecule has 0 fully saturated rings. The quantitative estimate of drug-likeness (QED) is 0.569. The van der Waals surface area contributed by atoms with Crippen LogP contribution >= 0.6 is 0 Å². The second-order valence-electron chi connectivity index (χ2n) is 5.33. The monoisotopic (exact) mass is 337 g/mol. The van der Waals surface area contributed by atoms with E-state index in [1.807, 2.05) is 18.2 Å². The minimum atomic E-state index is -0.462. The molecule has 8 heteroatoms. The van der Waals surface area contributed by atoms with Crippen LogP contribution in [0.15, 0.2) is 54.9 Å². The zero-order valence-electron chi connectivity index (χ0n) is 13.4. The molecule has 1 aromatic carbocycles. The van der Waals surface area contributed by atoms with E-state index in [4.69, 9.17) is 0 Å². The smallest absolute Gasteiger partial charge is 0.269 e. The number of nitrogens with one attached hydrogen (secondary N) is 1. The van der Waals surface area contributed by atoms with Crippen molar-refractivity contribution in [2.24, 2.45) is 0 Å². The highest BCUT2D eigenvalue weighted by Crippen LogP contribution is 2.18. The molecular formula is C17H15N5O3. The molecule has 0 radical (unpaired) electrons. The summed E-state index contributed by atoms with van der Waals surface area (Å²) in [4.78, 5) is 26.8. The zero-order chi connectivity index (χ0) is 17.8. The predicted molar refractivity (Wildman–Crippen MR) is 90.4 cm³/mol. The highest BCUT2D eigenvalue weighted by molar-refractivity contribution is 5.95. The van der Waals surface area contributed by atoms with Crippen LogP contribution in [0.25, 0.3) is 5.69 Å². The average Bonchev–Trinajstić information content (AvgIpc) is 3.02. The Balaban J connectivity index is 1.76. The number of aromatic nitrogens is 3. The van der Waals surface area contributed by atoms with Gasteiger partial charge in [0.25, 0.3) is 11.6 Å². The molecule has 0 aliphatic heterocycles. The molecule has 0 bridgehead atoms. The summed E-state index contributed by atoms with van der Waals surface area (Å²) < 4.78 is 1.57. The van der Waals surface area contributed by atoms with Crippen molar-refractivity contribution in [3.05, 3.63) is 81.9 Å². The van der Waals surface area contributed by atoms with Crippen molar-refractivity contribution in [3.63, 3.8) is 0 Å². The van der Waals surface area contributed by atoms with E-state index < -0.39 is 4.92 Å². The van der Waals surface area contributed by atoms with Gasteiger partial charge in [0.15, 0.2) is 0 Å². The molecule has 0 saturated heterocycles. The second kappa shape index (κ2) is 6.91. The Hall–Kier alpha value is -3.55. The lowest BCUT2D eigenvalue weighted by Gasteiger charge is -2.06. The van der Waals surface area contributed by atoms with Gasteiger partial charge in [-0.05, 0) is 31.2 Å². The predicted octanol–water partition coefficient (Wildman–Crippen LogP) is 2.41. The topological polar surface area (TPSA) is 103 Å². The number of nitro benzene ring substituents is 1. The van der Waals surface area contributed by atoms with Gasteiger partial charge in [-0.2, -0.15) is 5.10 Å². The third-order valence-corrected chi connectivity index (χ3v) is 3.72. The van der Waals surface area contributed by atoms with Crippen molar-refractivity contribution in [1.82, 2.24) is 20.1 Å². The van der Waals surface area contributed by atoms with Gasteiger partial charge in [-0.15, -0.1) is 0 Å². The fourth-order valence-electron chi connectivity index (χ4n) is 2.38. The van der Waals surface area contributed by atoms with Crippen LogP contribution in [-0.2, 0) is 6.54 Å². The number of hydrogen-bond acceptors (Lipinski definition) is 5. The average molecular weight is 337 g/mol. The molecule has 2 heterocycles. The van der Waals surface area contributed by atoms with Gasteiger partial charge in [0, 0.05) is 18.3 Å². The maximum absolute atomic E-state index is 12.3. The van der Waals surface area contributed by atoms with Gasteiger partial charge in [0.2, 0.25) is 0 Å². The summed E-state index contributed by atoms with van der Waals surface area (Å²) in [6.45, 7) is 2.09. The number of hydrogen-bond donors (Lipinski definition) is 1. The molecular weight excluding hydrogens is 322 g/mol.